The molecule has 1 amide bonds. The fraction of sp³-hybridized carbons (Fsp3) is 0.222. The molecule has 1 aromatic carbocycles. The number of rotatable bonds is 4. The van der Waals surface area contributed by atoms with E-state index < -0.39 is 0 Å². The first-order valence-corrected chi connectivity index (χ1v) is 9.31. The Morgan fingerprint density at radius 3 is 3.19 bits per heavy atom. The summed E-state index contributed by atoms with van der Waals surface area (Å²) in [6, 6.07) is 5.42. The predicted molar refractivity (Wildman–Crippen MR) is 103 cm³/mol. The zero-order valence-electron chi connectivity index (χ0n) is 14.1. The molecule has 3 aliphatic heterocycles. The van der Waals surface area contributed by atoms with Crippen LogP contribution >= 0.6 is 23.7 Å². The lowest BCUT2D eigenvalue weighted by atomic mass is 10.1. The molecule has 3 heterocycles. The third-order valence-corrected chi connectivity index (χ3v) is 5.27. The number of hydrogen-bond acceptors (Lipinski definition) is 6. The monoisotopic (exact) mass is 388 g/mol. The molecule has 0 radical (unpaired) electrons. The van der Waals surface area contributed by atoms with Crippen LogP contribution in [-0.2, 0) is 4.79 Å². The molecule has 1 aromatic rings. The van der Waals surface area contributed by atoms with Gasteiger partial charge >= 0.3 is 0 Å². The van der Waals surface area contributed by atoms with E-state index in [0.717, 1.165) is 22.5 Å². The van der Waals surface area contributed by atoms with Crippen LogP contribution in [0.2, 0.25) is 5.02 Å². The van der Waals surface area contributed by atoms with Crippen molar-refractivity contribution in [3.05, 3.63) is 64.6 Å². The molecule has 134 valence electrons. The number of carbonyl (C=O) groups is 1. The van der Waals surface area contributed by atoms with E-state index in [1.165, 1.54) is 17.1 Å². The molecule has 6 nitrogen and oxygen atoms in total. The SMILES string of the molecule is COc1ccc(Cl)cc1C1=NN(C(=O)CC2=CC3=CNSN3C=C2)CC1. The third-order valence-electron chi connectivity index (χ3n) is 4.29. The number of allylic oxidation sites excluding steroid dienone is 2. The number of nitrogens with one attached hydrogen (secondary N) is 1. The minimum Gasteiger partial charge on any atom is -0.496 e. The number of ether oxygens (including phenoxy) is 1. The summed E-state index contributed by atoms with van der Waals surface area (Å²) < 4.78 is 10.5. The summed E-state index contributed by atoms with van der Waals surface area (Å²) in [5.74, 6) is 0.684. The smallest absolute Gasteiger partial charge is 0.247 e. The highest BCUT2D eigenvalue weighted by Crippen LogP contribution is 2.30. The van der Waals surface area contributed by atoms with Crippen LogP contribution in [0.4, 0.5) is 0 Å². The molecular weight excluding hydrogens is 372 g/mol. The molecule has 1 N–H and O–H groups in total. The topological polar surface area (TPSA) is 57.2 Å². The number of hydrogen-bond donors (Lipinski definition) is 1. The lowest BCUT2D eigenvalue weighted by molar-refractivity contribution is -0.129. The summed E-state index contributed by atoms with van der Waals surface area (Å²) in [5.41, 5.74) is 3.65. The van der Waals surface area contributed by atoms with Crippen molar-refractivity contribution < 1.29 is 9.53 Å². The van der Waals surface area contributed by atoms with Crippen LogP contribution in [-0.4, -0.2) is 34.6 Å². The highest BCUT2D eigenvalue weighted by Gasteiger charge is 2.25. The average Bonchev–Trinajstić information content (AvgIpc) is 3.30. The maximum Gasteiger partial charge on any atom is 0.247 e. The van der Waals surface area contributed by atoms with Crippen LogP contribution in [0.25, 0.3) is 0 Å². The Labute approximate surface area is 161 Å². The van der Waals surface area contributed by atoms with Crippen LogP contribution in [0.15, 0.2) is 59.1 Å². The van der Waals surface area contributed by atoms with Crippen molar-refractivity contribution in [2.75, 3.05) is 13.7 Å². The van der Waals surface area contributed by atoms with Crippen molar-refractivity contribution in [3.63, 3.8) is 0 Å². The lowest BCUT2D eigenvalue weighted by Gasteiger charge is -2.18. The number of carbonyl (C=O) groups excluding carboxylic acids is 1. The Bertz CT molecular complexity index is 878. The largest absolute Gasteiger partial charge is 0.496 e. The number of hydrazone groups is 1. The Kier molecular flexibility index (Phi) is 4.65. The normalized spacial score (nSPS) is 18.2. The summed E-state index contributed by atoms with van der Waals surface area (Å²) in [7, 11) is 1.61. The molecule has 0 aliphatic carbocycles. The molecule has 0 aromatic heterocycles. The number of methoxy groups -OCH3 is 1. The molecule has 0 saturated heterocycles. The molecule has 0 bridgehead atoms. The minimum absolute atomic E-state index is 0.0236. The van der Waals surface area contributed by atoms with Crippen molar-refractivity contribution in [3.8, 4) is 5.75 Å². The van der Waals surface area contributed by atoms with Gasteiger partial charge in [0.25, 0.3) is 0 Å². The highest BCUT2D eigenvalue weighted by molar-refractivity contribution is 7.95. The first kappa shape index (κ1) is 17.1. The zero-order valence-corrected chi connectivity index (χ0v) is 15.7. The number of fused-ring (bicyclic) bond motifs is 1. The first-order valence-electron chi connectivity index (χ1n) is 8.16. The van der Waals surface area contributed by atoms with Gasteiger partial charge in [-0.3, -0.25) is 9.10 Å². The van der Waals surface area contributed by atoms with Gasteiger partial charge in [-0.2, -0.15) is 5.10 Å². The van der Waals surface area contributed by atoms with Gasteiger partial charge in [0.1, 0.15) is 5.75 Å². The number of benzene rings is 1. The van der Waals surface area contributed by atoms with Gasteiger partial charge in [-0.25, -0.2) is 5.01 Å². The number of halogens is 1. The first-order chi connectivity index (χ1) is 12.6. The molecule has 26 heavy (non-hydrogen) atoms. The van der Waals surface area contributed by atoms with Gasteiger partial charge in [0, 0.05) is 29.4 Å². The van der Waals surface area contributed by atoms with E-state index in [-0.39, 0.29) is 5.91 Å². The molecule has 0 saturated carbocycles. The van der Waals surface area contributed by atoms with Gasteiger partial charge in [0.15, 0.2) is 0 Å². The van der Waals surface area contributed by atoms with Crippen LogP contribution < -0.4 is 9.46 Å². The summed E-state index contributed by atoms with van der Waals surface area (Å²) in [5, 5.41) is 6.66. The van der Waals surface area contributed by atoms with Gasteiger partial charge in [-0.1, -0.05) is 11.6 Å². The van der Waals surface area contributed by atoms with Gasteiger partial charge in [-0.15, -0.1) is 0 Å². The van der Waals surface area contributed by atoms with Crippen LogP contribution in [0.1, 0.15) is 18.4 Å². The van der Waals surface area contributed by atoms with Crippen molar-refractivity contribution in [1.29, 1.82) is 0 Å². The highest BCUT2D eigenvalue weighted by atomic mass is 35.5. The van der Waals surface area contributed by atoms with Gasteiger partial charge in [-0.05, 0) is 35.9 Å². The van der Waals surface area contributed by atoms with Crippen LogP contribution in [0.5, 0.6) is 5.75 Å². The molecule has 8 heteroatoms. The van der Waals surface area contributed by atoms with E-state index >= 15 is 0 Å². The fourth-order valence-electron chi connectivity index (χ4n) is 2.99. The lowest BCUT2D eigenvalue weighted by Crippen LogP contribution is -2.23. The summed E-state index contributed by atoms with van der Waals surface area (Å²) in [4.78, 5) is 12.6. The molecule has 0 unspecified atom stereocenters. The Morgan fingerprint density at radius 1 is 1.46 bits per heavy atom. The van der Waals surface area contributed by atoms with Crippen molar-refractivity contribution in [1.82, 2.24) is 14.0 Å². The third kappa shape index (κ3) is 3.32. The second-order valence-electron chi connectivity index (χ2n) is 5.97. The van der Waals surface area contributed by atoms with Crippen molar-refractivity contribution in [2.45, 2.75) is 12.8 Å². The van der Waals surface area contributed by atoms with Gasteiger partial charge < -0.3 is 9.46 Å². The van der Waals surface area contributed by atoms with E-state index in [4.69, 9.17) is 16.3 Å². The maximum absolute atomic E-state index is 12.6. The summed E-state index contributed by atoms with van der Waals surface area (Å²) in [6.07, 6.45) is 8.82. The van der Waals surface area contributed by atoms with E-state index in [1.54, 1.807) is 13.2 Å². The molecule has 0 fully saturated rings. The van der Waals surface area contributed by atoms with Gasteiger partial charge in [0.2, 0.25) is 5.91 Å². The van der Waals surface area contributed by atoms with Crippen molar-refractivity contribution in [2.24, 2.45) is 5.10 Å². The fourth-order valence-corrected chi connectivity index (χ4v) is 3.78. The number of nitrogens with zero attached hydrogens (tertiary/aromatic N) is 3. The quantitative estimate of drug-likeness (QED) is 0.801. The van der Waals surface area contributed by atoms with Crippen LogP contribution in [0, 0.1) is 0 Å². The maximum atomic E-state index is 12.6. The Hall–Kier alpha value is -2.38. The van der Waals surface area contributed by atoms with E-state index in [1.807, 2.05) is 41.0 Å². The predicted octanol–water partition coefficient (Wildman–Crippen LogP) is 3.44. The molecule has 0 spiro atoms. The van der Waals surface area contributed by atoms with Gasteiger partial charge in [0.05, 0.1) is 43.6 Å². The zero-order chi connectivity index (χ0) is 18.1. The van der Waals surface area contributed by atoms with E-state index in [9.17, 15) is 4.79 Å². The minimum atomic E-state index is -0.0236. The molecule has 0 atom stereocenters. The summed E-state index contributed by atoms with van der Waals surface area (Å²) >= 11 is 7.60. The summed E-state index contributed by atoms with van der Waals surface area (Å²) in [6.45, 7) is 0.563. The molecule has 3 aliphatic rings. The molecule has 4 rings (SSSR count). The second kappa shape index (κ2) is 7.09. The van der Waals surface area contributed by atoms with Crippen LogP contribution in [0.3, 0.4) is 0 Å². The van der Waals surface area contributed by atoms with E-state index in [0.29, 0.717) is 30.2 Å². The Balaban J connectivity index is 1.49. The number of amides is 1. The average molecular weight is 389 g/mol. The molecular formula is C18H17ClN4O2S. The second-order valence-corrected chi connectivity index (χ2v) is 7.22. The van der Waals surface area contributed by atoms with E-state index in [2.05, 4.69) is 9.82 Å². The van der Waals surface area contributed by atoms with Crippen molar-refractivity contribution >= 4 is 35.4 Å². The standard InChI is InChI=1S/C18H17ClN4O2S/c1-25-17-3-2-13(19)10-15(17)16-5-6-22(21-16)18(24)9-12-4-7-23-14(8-12)11-20-26-23/h2-4,7-8,10-11,20H,5-6,9H2,1H3. The Morgan fingerprint density at radius 2 is 2.35 bits per heavy atom.